The van der Waals surface area contributed by atoms with Crippen molar-refractivity contribution in [2.45, 2.75) is 45.9 Å². The first kappa shape index (κ1) is 13.2. The van der Waals surface area contributed by atoms with E-state index in [-0.39, 0.29) is 5.60 Å². The fraction of sp³-hybridized carbons (Fsp3) is 0.438. The van der Waals surface area contributed by atoms with Crippen LogP contribution in [-0.2, 0) is 19.5 Å². The van der Waals surface area contributed by atoms with E-state index in [1.165, 1.54) is 11.1 Å². The summed E-state index contributed by atoms with van der Waals surface area (Å²) in [7, 11) is 0. The van der Waals surface area contributed by atoms with Crippen molar-refractivity contribution in [3.8, 4) is 5.75 Å². The predicted molar refractivity (Wildman–Crippen MR) is 76.6 cm³/mol. The Morgan fingerprint density at radius 1 is 1.30 bits per heavy atom. The highest BCUT2D eigenvalue weighted by molar-refractivity contribution is 5.45. The molecular weight excluding hydrogens is 252 g/mol. The highest BCUT2D eigenvalue weighted by Gasteiger charge is 2.31. The van der Waals surface area contributed by atoms with Crippen LogP contribution < -0.4 is 10.1 Å². The van der Waals surface area contributed by atoms with Crippen LogP contribution in [0, 0.1) is 6.92 Å². The number of para-hydroxylation sites is 1. The molecule has 0 bridgehead atoms. The van der Waals surface area contributed by atoms with Gasteiger partial charge in [0, 0.05) is 18.5 Å². The van der Waals surface area contributed by atoms with E-state index < -0.39 is 0 Å². The molecule has 0 aliphatic carbocycles. The van der Waals surface area contributed by atoms with Gasteiger partial charge in [0.1, 0.15) is 17.1 Å². The SMILES string of the molecule is Cc1cnc(CNCc2cccc3c2OC(C)(C)C3)o1. The smallest absolute Gasteiger partial charge is 0.208 e. The molecule has 0 spiro atoms. The normalized spacial score (nSPS) is 15.9. The third-order valence-corrected chi connectivity index (χ3v) is 3.43. The van der Waals surface area contributed by atoms with E-state index in [4.69, 9.17) is 9.15 Å². The lowest BCUT2D eigenvalue weighted by Crippen LogP contribution is -2.25. The van der Waals surface area contributed by atoms with Gasteiger partial charge in [0.15, 0.2) is 0 Å². The summed E-state index contributed by atoms with van der Waals surface area (Å²) in [6.45, 7) is 7.53. The number of benzene rings is 1. The van der Waals surface area contributed by atoms with Gasteiger partial charge in [0.2, 0.25) is 5.89 Å². The minimum atomic E-state index is -0.0991. The summed E-state index contributed by atoms with van der Waals surface area (Å²) in [4.78, 5) is 4.18. The van der Waals surface area contributed by atoms with Gasteiger partial charge in [-0.25, -0.2) is 4.98 Å². The first-order chi connectivity index (χ1) is 9.53. The van der Waals surface area contributed by atoms with Crippen LogP contribution in [0.15, 0.2) is 28.8 Å². The van der Waals surface area contributed by atoms with Crippen LogP contribution in [0.3, 0.4) is 0 Å². The third kappa shape index (κ3) is 2.70. The lowest BCUT2D eigenvalue weighted by atomic mass is 10.0. The summed E-state index contributed by atoms with van der Waals surface area (Å²) in [5.41, 5.74) is 2.38. The third-order valence-electron chi connectivity index (χ3n) is 3.43. The number of hydrogen-bond donors (Lipinski definition) is 1. The fourth-order valence-corrected chi connectivity index (χ4v) is 2.61. The van der Waals surface area contributed by atoms with E-state index in [9.17, 15) is 0 Å². The number of fused-ring (bicyclic) bond motifs is 1. The van der Waals surface area contributed by atoms with Crippen LogP contribution in [0.4, 0.5) is 0 Å². The van der Waals surface area contributed by atoms with Crippen molar-refractivity contribution in [1.29, 1.82) is 0 Å². The Bertz CT molecular complexity index is 617. The predicted octanol–water partition coefficient (Wildman–Crippen LogP) is 2.99. The van der Waals surface area contributed by atoms with Crippen molar-refractivity contribution >= 4 is 0 Å². The second-order valence-electron chi connectivity index (χ2n) is 5.91. The zero-order valence-corrected chi connectivity index (χ0v) is 12.2. The highest BCUT2D eigenvalue weighted by Crippen LogP contribution is 2.37. The lowest BCUT2D eigenvalue weighted by molar-refractivity contribution is 0.137. The molecule has 1 aromatic carbocycles. The molecule has 0 fully saturated rings. The van der Waals surface area contributed by atoms with Crippen LogP contribution in [-0.4, -0.2) is 10.6 Å². The number of nitrogens with zero attached hydrogens (tertiary/aromatic N) is 1. The molecule has 2 aromatic rings. The summed E-state index contributed by atoms with van der Waals surface area (Å²) < 4.78 is 11.5. The molecule has 1 N–H and O–H groups in total. The van der Waals surface area contributed by atoms with Gasteiger partial charge in [0.25, 0.3) is 0 Å². The zero-order valence-electron chi connectivity index (χ0n) is 12.2. The molecule has 0 radical (unpaired) electrons. The van der Waals surface area contributed by atoms with E-state index >= 15 is 0 Å². The molecule has 0 saturated carbocycles. The second-order valence-corrected chi connectivity index (χ2v) is 5.91. The van der Waals surface area contributed by atoms with Crippen LogP contribution >= 0.6 is 0 Å². The molecule has 20 heavy (non-hydrogen) atoms. The van der Waals surface area contributed by atoms with Crippen molar-refractivity contribution in [3.05, 3.63) is 47.2 Å². The van der Waals surface area contributed by atoms with E-state index in [1.807, 2.05) is 6.92 Å². The number of aromatic nitrogens is 1. The Morgan fingerprint density at radius 3 is 2.90 bits per heavy atom. The standard InChI is InChI=1S/C16H20N2O2/c1-11-8-18-14(19-11)10-17-9-13-6-4-5-12-7-16(2,3)20-15(12)13/h4-6,8,17H,7,9-10H2,1-3H3. The summed E-state index contributed by atoms with van der Waals surface area (Å²) >= 11 is 0. The monoisotopic (exact) mass is 272 g/mol. The van der Waals surface area contributed by atoms with Gasteiger partial charge in [0.05, 0.1) is 12.7 Å². The van der Waals surface area contributed by atoms with Crippen LogP contribution in [0.5, 0.6) is 5.75 Å². The number of ether oxygens (including phenoxy) is 1. The number of oxazole rings is 1. The van der Waals surface area contributed by atoms with Gasteiger partial charge in [-0.3, -0.25) is 0 Å². The maximum atomic E-state index is 6.05. The van der Waals surface area contributed by atoms with Gasteiger partial charge >= 0.3 is 0 Å². The lowest BCUT2D eigenvalue weighted by Gasteiger charge is -2.18. The van der Waals surface area contributed by atoms with Gasteiger partial charge in [-0.05, 0) is 26.3 Å². The van der Waals surface area contributed by atoms with Gasteiger partial charge in [-0.1, -0.05) is 18.2 Å². The van der Waals surface area contributed by atoms with E-state index in [1.54, 1.807) is 6.20 Å². The van der Waals surface area contributed by atoms with Crippen LogP contribution in [0.1, 0.15) is 36.6 Å². The van der Waals surface area contributed by atoms with Gasteiger partial charge < -0.3 is 14.5 Å². The Hall–Kier alpha value is -1.81. The number of hydrogen-bond acceptors (Lipinski definition) is 4. The van der Waals surface area contributed by atoms with Crippen molar-refractivity contribution in [3.63, 3.8) is 0 Å². The van der Waals surface area contributed by atoms with Gasteiger partial charge in [-0.15, -0.1) is 0 Å². The molecule has 0 unspecified atom stereocenters. The first-order valence-electron chi connectivity index (χ1n) is 6.95. The minimum Gasteiger partial charge on any atom is -0.487 e. The average Bonchev–Trinajstić information content (AvgIpc) is 2.91. The summed E-state index contributed by atoms with van der Waals surface area (Å²) in [5.74, 6) is 2.59. The maximum Gasteiger partial charge on any atom is 0.208 e. The zero-order chi connectivity index (χ0) is 14.2. The van der Waals surface area contributed by atoms with Crippen molar-refractivity contribution in [2.75, 3.05) is 0 Å². The molecule has 0 amide bonds. The Morgan fingerprint density at radius 2 is 2.15 bits per heavy atom. The molecule has 1 aliphatic heterocycles. The van der Waals surface area contributed by atoms with Crippen LogP contribution in [0.25, 0.3) is 0 Å². The molecule has 2 heterocycles. The molecule has 0 atom stereocenters. The Kier molecular flexibility index (Phi) is 3.26. The molecule has 4 nitrogen and oxygen atoms in total. The molecule has 106 valence electrons. The first-order valence-corrected chi connectivity index (χ1v) is 6.95. The van der Waals surface area contributed by atoms with Crippen molar-refractivity contribution < 1.29 is 9.15 Å². The van der Waals surface area contributed by atoms with Crippen LogP contribution in [0.2, 0.25) is 0 Å². The number of aryl methyl sites for hydroxylation is 1. The van der Waals surface area contributed by atoms with E-state index in [0.29, 0.717) is 6.54 Å². The van der Waals surface area contributed by atoms with Crippen molar-refractivity contribution in [2.24, 2.45) is 0 Å². The molecule has 0 saturated heterocycles. The quantitative estimate of drug-likeness (QED) is 0.929. The topological polar surface area (TPSA) is 47.3 Å². The number of nitrogens with one attached hydrogen (secondary N) is 1. The minimum absolute atomic E-state index is 0.0991. The van der Waals surface area contributed by atoms with E-state index in [0.717, 1.165) is 30.4 Å². The number of rotatable bonds is 4. The maximum absolute atomic E-state index is 6.05. The molecule has 4 heteroatoms. The highest BCUT2D eigenvalue weighted by atomic mass is 16.5. The van der Waals surface area contributed by atoms with Crippen molar-refractivity contribution in [1.82, 2.24) is 10.3 Å². The summed E-state index contributed by atoms with van der Waals surface area (Å²) in [5, 5.41) is 3.35. The molecular formula is C16H20N2O2. The second kappa shape index (κ2) is 4.94. The largest absolute Gasteiger partial charge is 0.487 e. The fourth-order valence-electron chi connectivity index (χ4n) is 2.61. The molecule has 3 rings (SSSR count). The van der Waals surface area contributed by atoms with E-state index in [2.05, 4.69) is 42.3 Å². The molecule has 1 aliphatic rings. The average molecular weight is 272 g/mol. The molecule has 1 aromatic heterocycles. The Balaban J connectivity index is 1.66. The summed E-state index contributed by atoms with van der Waals surface area (Å²) in [6, 6.07) is 6.34. The van der Waals surface area contributed by atoms with Gasteiger partial charge in [-0.2, -0.15) is 0 Å². The summed E-state index contributed by atoms with van der Waals surface area (Å²) in [6.07, 6.45) is 2.71. The Labute approximate surface area is 119 Å².